The Kier molecular flexibility index (Phi) is 5.08. The fourth-order valence-electron chi connectivity index (χ4n) is 2.81. The molecule has 0 bridgehead atoms. The highest BCUT2D eigenvalue weighted by molar-refractivity contribution is 5.55. The van der Waals surface area contributed by atoms with Crippen molar-refractivity contribution in [3.8, 4) is 0 Å². The Balaban J connectivity index is 1.91. The molecule has 2 rings (SSSR count). The van der Waals surface area contributed by atoms with Crippen LogP contribution < -0.4 is 10.2 Å². The van der Waals surface area contributed by atoms with Crippen LogP contribution in [0.1, 0.15) is 39.5 Å². The van der Waals surface area contributed by atoms with Crippen LogP contribution >= 0.6 is 0 Å². The normalized spacial score (nSPS) is 23.1. The zero-order valence-electron chi connectivity index (χ0n) is 12.1. The van der Waals surface area contributed by atoms with Crippen LogP contribution in [-0.4, -0.2) is 30.3 Å². The van der Waals surface area contributed by atoms with Gasteiger partial charge in [-0.25, -0.2) is 0 Å². The van der Waals surface area contributed by atoms with E-state index in [0.29, 0.717) is 6.04 Å². The lowest BCUT2D eigenvalue weighted by molar-refractivity contribution is 0.126. The maximum absolute atomic E-state index is 9.51. The predicted molar refractivity (Wildman–Crippen MR) is 81.9 cm³/mol. The minimum absolute atomic E-state index is 0.0805. The average Bonchev–Trinajstić information content (AvgIpc) is 2.44. The van der Waals surface area contributed by atoms with Crippen LogP contribution in [0.5, 0.6) is 0 Å². The third-order valence-electron chi connectivity index (χ3n) is 4.06. The van der Waals surface area contributed by atoms with Gasteiger partial charge in [-0.1, -0.05) is 0 Å². The summed E-state index contributed by atoms with van der Waals surface area (Å²) in [4.78, 5) is 2.35. The fourth-order valence-corrected chi connectivity index (χ4v) is 2.81. The van der Waals surface area contributed by atoms with Crippen LogP contribution in [0, 0.1) is 0 Å². The van der Waals surface area contributed by atoms with Crippen LogP contribution in [0.25, 0.3) is 0 Å². The standard InChI is InChI=1S/C16H26N2O/c1-3-18(4-2)15-9-5-13(6-10-15)17-14-7-11-16(19)12-8-14/h5-6,9-10,14,16-17,19H,3-4,7-8,11-12H2,1-2H3. The van der Waals surface area contributed by atoms with Crippen molar-refractivity contribution in [1.29, 1.82) is 0 Å². The molecule has 0 spiro atoms. The summed E-state index contributed by atoms with van der Waals surface area (Å²) >= 11 is 0. The molecule has 1 aliphatic rings. The molecule has 0 radical (unpaired) electrons. The third-order valence-corrected chi connectivity index (χ3v) is 4.06. The molecule has 1 aliphatic carbocycles. The zero-order chi connectivity index (χ0) is 13.7. The van der Waals surface area contributed by atoms with Crippen molar-refractivity contribution in [2.75, 3.05) is 23.3 Å². The number of hydrogen-bond donors (Lipinski definition) is 2. The van der Waals surface area contributed by atoms with E-state index in [1.165, 1.54) is 11.4 Å². The van der Waals surface area contributed by atoms with Crippen molar-refractivity contribution in [1.82, 2.24) is 0 Å². The quantitative estimate of drug-likeness (QED) is 0.855. The Bertz CT molecular complexity index is 365. The van der Waals surface area contributed by atoms with Crippen LogP contribution in [0.2, 0.25) is 0 Å². The van der Waals surface area contributed by atoms with E-state index in [9.17, 15) is 5.11 Å². The number of hydrogen-bond acceptors (Lipinski definition) is 3. The lowest BCUT2D eigenvalue weighted by atomic mass is 9.93. The van der Waals surface area contributed by atoms with Crippen LogP contribution in [0.3, 0.4) is 0 Å². The van der Waals surface area contributed by atoms with Crippen LogP contribution in [-0.2, 0) is 0 Å². The van der Waals surface area contributed by atoms with E-state index in [4.69, 9.17) is 0 Å². The molecule has 2 N–H and O–H groups in total. The molecule has 0 aromatic heterocycles. The summed E-state index contributed by atoms with van der Waals surface area (Å²) in [6.07, 6.45) is 3.91. The zero-order valence-corrected chi connectivity index (χ0v) is 12.1. The smallest absolute Gasteiger partial charge is 0.0541 e. The summed E-state index contributed by atoms with van der Waals surface area (Å²) in [7, 11) is 0. The van der Waals surface area contributed by atoms with Crippen molar-refractivity contribution in [2.45, 2.75) is 51.7 Å². The first kappa shape index (κ1) is 14.2. The van der Waals surface area contributed by atoms with Gasteiger partial charge in [0.25, 0.3) is 0 Å². The summed E-state index contributed by atoms with van der Waals surface area (Å²) in [5.74, 6) is 0. The number of rotatable bonds is 5. The summed E-state index contributed by atoms with van der Waals surface area (Å²) in [5, 5.41) is 13.1. The maximum Gasteiger partial charge on any atom is 0.0541 e. The van der Waals surface area contributed by atoms with Gasteiger partial charge < -0.3 is 15.3 Å². The highest BCUT2D eigenvalue weighted by Gasteiger charge is 2.18. The predicted octanol–water partition coefficient (Wildman–Crippen LogP) is 3.25. The first-order valence-electron chi connectivity index (χ1n) is 7.52. The van der Waals surface area contributed by atoms with Crippen LogP contribution in [0.4, 0.5) is 11.4 Å². The third kappa shape index (κ3) is 3.87. The number of nitrogens with one attached hydrogen (secondary N) is 1. The number of aliphatic hydroxyl groups excluding tert-OH is 1. The maximum atomic E-state index is 9.51. The van der Waals surface area contributed by atoms with Crippen molar-refractivity contribution >= 4 is 11.4 Å². The Morgan fingerprint density at radius 3 is 2.16 bits per heavy atom. The van der Waals surface area contributed by atoms with Gasteiger partial charge in [0.05, 0.1) is 6.10 Å². The molecule has 0 saturated heterocycles. The number of anilines is 2. The van der Waals surface area contributed by atoms with E-state index in [1.54, 1.807) is 0 Å². The summed E-state index contributed by atoms with van der Waals surface area (Å²) in [5.41, 5.74) is 2.48. The molecule has 0 unspecified atom stereocenters. The number of aliphatic hydroxyl groups is 1. The second-order valence-corrected chi connectivity index (χ2v) is 5.37. The van der Waals surface area contributed by atoms with Gasteiger partial charge in [0, 0.05) is 30.5 Å². The molecule has 0 atom stereocenters. The van der Waals surface area contributed by atoms with E-state index in [-0.39, 0.29) is 6.10 Å². The van der Waals surface area contributed by atoms with E-state index < -0.39 is 0 Å². The van der Waals surface area contributed by atoms with Gasteiger partial charge in [-0.3, -0.25) is 0 Å². The van der Waals surface area contributed by atoms with E-state index >= 15 is 0 Å². The first-order valence-corrected chi connectivity index (χ1v) is 7.52. The molecular formula is C16H26N2O. The molecule has 19 heavy (non-hydrogen) atoms. The SMILES string of the molecule is CCN(CC)c1ccc(NC2CCC(O)CC2)cc1. The Morgan fingerprint density at radius 2 is 1.63 bits per heavy atom. The number of nitrogens with zero attached hydrogens (tertiary/aromatic N) is 1. The molecule has 3 heteroatoms. The lowest BCUT2D eigenvalue weighted by Crippen LogP contribution is -2.28. The van der Waals surface area contributed by atoms with Gasteiger partial charge in [-0.2, -0.15) is 0 Å². The van der Waals surface area contributed by atoms with E-state index in [0.717, 1.165) is 38.8 Å². The second kappa shape index (κ2) is 6.80. The van der Waals surface area contributed by atoms with Crippen molar-refractivity contribution < 1.29 is 5.11 Å². The monoisotopic (exact) mass is 262 g/mol. The van der Waals surface area contributed by atoms with Gasteiger partial charge in [0.15, 0.2) is 0 Å². The Morgan fingerprint density at radius 1 is 1.05 bits per heavy atom. The van der Waals surface area contributed by atoms with E-state index in [2.05, 4.69) is 48.3 Å². The summed E-state index contributed by atoms with van der Waals surface area (Å²) in [6, 6.07) is 9.22. The van der Waals surface area contributed by atoms with Crippen molar-refractivity contribution in [3.63, 3.8) is 0 Å². The molecule has 1 aromatic carbocycles. The van der Waals surface area contributed by atoms with Crippen molar-refractivity contribution in [3.05, 3.63) is 24.3 Å². The second-order valence-electron chi connectivity index (χ2n) is 5.37. The molecule has 106 valence electrons. The highest BCUT2D eigenvalue weighted by atomic mass is 16.3. The molecule has 1 aromatic rings. The van der Waals surface area contributed by atoms with Gasteiger partial charge in [0.1, 0.15) is 0 Å². The average molecular weight is 262 g/mol. The first-order chi connectivity index (χ1) is 9.22. The van der Waals surface area contributed by atoms with Crippen molar-refractivity contribution in [2.24, 2.45) is 0 Å². The van der Waals surface area contributed by atoms with Gasteiger partial charge in [-0.05, 0) is 63.8 Å². The lowest BCUT2D eigenvalue weighted by Gasteiger charge is -2.27. The molecule has 0 heterocycles. The highest BCUT2D eigenvalue weighted by Crippen LogP contribution is 2.23. The number of benzene rings is 1. The van der Waals surface area contributed by atoms with Gasteiger partial charge >= 0.3 is 0 Å². The molecule has 0 aliphatic heterocycles. The molecule has 0 amide bonds. The van der Waals surface area contributed by atoms with Crippen LogP contribution in [0.15, 0.2) is 24.3 Å². The minimum atomic E-state index is -0.0805. The van der Waals surface area contributed by atoms with Gasteiger partial charge in [0.2, 0.25) is 0 Å². The summed E-state index contributed by atoms with van der Waals surface area (Å²) in [6.45, 7) is 6.46. The largest absolute Gasteiger partial charge is 0.393 e. The molecule has 1 fully saturated rings. The molecule has 3 nitrogen and oxygen atoms in total. The molecular weight excluding hydrogens is 236 g/mol. The minimum Gasteiger partial charge on any atom is -0.393 e. The summed E-state index contributed by atoms with van der Waals surface area (Å²) < 4.78 is 0. The topological polar surface area (TPSA) is 35.5 Å². The fraction of sp³-hybridized carbons (Fsp3) is 0.625. The van der Waals surface area contributed by atoms with Gasteiger partial charge in [-0.15, -0.1) is 0 Å². The Labute approximate surface area is 116 Å². The van der Waals surface area contributed by atoms with E-state index in [1.807, 2.05) is 0 Å². The Hall–Kier alpha value is -1.22. The molecule has 1 saturated carbocycles.